The molecule has 0 fully saturated rings. The quantitative estimate of drug-likeness (QED) is 0.747. The molecule has 1 aromatic rings. The fourth-order valence-corrected chi connectivity index (χ4v) is 1.52. The molecule has 1 heterocycles. The Morgan fingerprint density at radius 1 is 1.47 bits per heavy atom. The van der Waals surface area contributed by atoms with Crippen molar-refractivity contribution in [3.8, 4) is 0 Å². The van der Waals surface area contributed by atoms with Crippen LogP contribution in [0.15, 0.2) is 4.52 Å². The van der Waals surface area contributed by atoms with Crippen LogP contribution in [0.25, 0.3) is 0 Å². The molecule has 0 amide bonds. The van der Waals surface area contributed by atoms with Crippen LogP contribution in [-0.4, -0.2) is 28.4 Å². The number of ether oxygens (including phenoxy) is 1. The van der Waals surface area contributed by atoms with Gasteiger partial charge in [0.25, 0.3) is 5.89 Å². The number of aliphatic hydroxyl groups excluding tert-OH is 1. The largest absolute Gasteiger partial charge is 0.383 e. The summed E-state index contributed by atoms with van der Waals surface area (Å²) in [6.07, 6.45) is -0.596. The Kier molecular flexibility index (Phi) is 5.54. The van der Waals surface area contributed by atoms with Crippen molar-refractivity contribution in [1.29, 1.82) is 0 Å². The number of nitrogens with two attached hydrogens (primary N) is 1. The van der Waals surface area contributed by atoms with Gasteiger partial charge in [-0.25, -0.2) is 0 Å². The first-order valence-electron chi connectivity index (χ1n) is 5.93. The van der Waals surface area contributed by atoms with Crippen LogP contribution >= 0.6 is 0 Å². The van der Waals surface area contributed by atoms with Gasteiger partial charge in [0.05, 0.1) is 0 Å². The van der Waals surface area contributed by atoms with Crippen LogP contribution in [0.2, 0.25) is 0 Å². The molecule has 0 radical (unpaired) electrons. The van der Waals surface area contributed by atoms with Gasteiger partial charge in [0.15, 0.2) is 0 Å². The molecule has 6 nitrogen and oxygen atoms in total. The third-order valence-electron chi connectivity index (χ3n) is 2.39. The van der Waals surface area contributed by atoms with Crippen LogP contribution in [-0.2, 0) is 4.74 Å². The predicted molar refractivity (Wildman–Crippen MR) is 62.1 cm³/mol. The van der Waals surface area contributed by atoms with Crippen LogP contribution in [0.4, 0.5) is 0 Å². The number of aliphatic hydroxyl groups is 1. The standard InChI is InChI=1S/C11H21N3O3/c1-4-16-9(7(2)3)10-13-11(17-14-10)8(15)5-6-12/h7-9,15H,4-6,12H2,1-3H3/t8-,9?/m0/s1. The van der Waals surface area contributed by atoms with E-state index in [1.807, 2.05) is 20.8 Å². The fraction of sp³-hybridized carbons (Fsp3) is 0.818. The lowest BCUT2D eigenvalue weighted by Crippen LogP contribution is -2.13. The van der Waals surface area contributed by atoms with Crippen molar-refractivity contribution in [1.82, 2.24) is 10.1 Å². The Hall–Kier alpha value is -0.980. The molecule has 0 aliphatic rings. The van der Waals surface area contributed by atoms with E-state index in [4.69, 9.17) is 15.0 Å². The zero-order valence-electron chi connectivity index (χ0n) is 10.6. The summed E-state index contributed by atoms with van der Waals surface area (Å²) in [6.45, 7) is 6.91. The maximum atomic E-state index is 9.67. The highest BCUT2D eigenvalue weighted by molar-refractivity contribution is 4.95. The lowest BCUT2D eigenvalue weighted by Gasteiger charge is -2.16. The van der Waals surface area contributed by atoms with Crippen LogP contribution in [0, 0.1) is 5.92 Å². The van der Waals surface area contributed by atoms with Crippen molar-refractivity contribution < 1.29 is 14.4 Å². The van der Waals surface area contributed by atoms with Crippen molar-refractivity contribution in [2.45, 2.75) is 39.4 Å². The lowest BCUT2D eigenvalue weighted by molar-refractivity contribution is 0.0217. The molecular formula is C11H21N3O3. The molecule has 1 aromatic heterocycles. The predicted octanol–water partition coefficient (Wildman–Crippen LogP) is 1.19. The van der Waals surface area contributed by atoms with Crippen molar-refractivity contribution in [3.05, 3.63) is 11.7 Å². The SMILES string of the molecule is CCOC(c1noc([C@@H](O)CCN)n1)C(C)C. The van der Waals surface area contributed by atoms with Crippen molar-refractivity contribution in [2.75, 3.05) is 13.2 Å². The number of rotatable bonds is 7. The average Bonchev–Trinajstić information content (AvgIpc) is 2.74. The smallest absolute Gasteiger partial charge is 0.255 e. The Morgan fingerprint density at radius 2 is 2.18 bits per heavy atom. The van der Waals surface area contributed by atoms with Gasteiger partial charge in [0.1, 0.15) is 12.2 Å². The van der Waals surface area contributed by atoms with Gasteiger partial charge in [0.2, 0.25) is 5.82 Å². The van der Waals surface area contributed by atoms with E-state index >= 15 is 0 Å². The zero-order chi connectivity index (χ0) is 12.8. The molecule has 1 unspecified atom stereocenters. The first-order chi connectivity index (χ1) is 8.10. The molecule has 0 aliphatic carbocycles. The van der Waals surface area contributed by atoms with Crippen molar-refractivity contribution >= 4 is 0 Å². The highest BCUT2D eigenvalue weighted by atomic mass is 16.5. The summed E-state index contributed by atoms with van der Waals surface area (Å²) >= 11 is 0. The van der Waals surface area contributed by atoms with Gasteiger partial charge < -0.3 is 20.1 Å². The maximum Gasteiger partial charge on any atom is 0.255 e. The van der Waals surface area contributed by atoms with Crippen LogP contribution < -0.4 is 5.73 Å². The average molecular weight is 243 g/mol. The Balaban J connectivity index is 2.77. The van der Waals surface area contributed by atoms with E-state index in [1.165, 1.54) is 0 Å². The molecule has 0 saturated carbocycles. The van der Waals surface area contributed by atoms with E-state index in [0.29, 0.717) is 25.4 Å². The number of aromatic nitrogens is 2. The minimum atomic E-state index is -0.796. The lowest BCUT2D eigenvalue weighted by atomic mass is 10.1. The summed E-state index contributed by atoms with van der Waals surface area (Å²) in [5.41, 5.74) is 5.35. The van der Waals surface area contributed by atoms with E-state index in [0.717, 1.165) is 0 Å². The molecule has 98 valence electrons. The topological polar surface area (TPSA) is 94.4 Å². The van der Waals surface area contributed by atoms with E-state index in [2.05, 4.69) is 10.1 Å². The molecule has 2 atom stereocenters. The molecule has 0 bridgehead atoms. The normalized spacial score (nSPS) is 15.2. The molecule has 1 rings (SSSR count). The van der Waals surface area contributed by atoms with Crippen LogP contribution in [0.3, 0.4) is 0 Å². The highest BCUT2D eigenvalue weighted by Gasteiger charge is 2.24. The first-order valence-corrected chi connectivity index (χ1v) is 5.93. The number of hydrogen-bond acceptors (Lipinski definition) is 6. The molecule has 0 aliphatic heterocycles. The molecule has 0 aromatic carbocycles. The fourth-order valence-electron chi connectivity index (χ4n) is 1.52. The van der Waals surface area contributed by atoms with Crippen LogP contribution in [0.5, 0.6) is 0 Å². The van der Waals surface area contributed by atoms with Gasteiger partial charge in [-0.15, -0.1) is 0 Å². The molecule has 3 N–H and O–H groups in total. The second kappa shape index (κ2) is 6.68. The Bertz CT molecular complexity index is 328. The minimum Gasteiger partial charge on any atom is -0.383 e. The van der Waals surface area contributed by atoms with Crippen molar-refractivity contribution in [2.24, 2.45) is 11.7 Å². The van der Waals surface area contributed by atoms with Gasteiger partial charge >= 0.3 is 0 Å². The van der Waals surface area contributed by atoms with Gasteiger partial charge in [0, 0.05) is 6.61 Å². The van der Waals surface area contributed by atoms with E-state index in [9.17, 15) is 5.11 Å². The van der Waals surface area contributed by atoms with Crippen molar-refractivity contribution in [3.63, 3.8) is 0 Å². The summed E-state index contributed by atoms with van der Waals surface area (Å²) in [5.74, 6) is 0.927. The molecular weight excluding hydrogens is 222 g/mol. The number of nitrogens with zero attached hydrogens (tertiary/aromatic N) is 2. The molecule has 6 heteroatoms. The highest BCUT2D eigenvalue weighted by Crippen LogP contribution is 2.24. The number of hydrogen-bond donors (Lipinski definition) is 2. The second-order valence-electron chi connectivity index (χ2n) is 4.20. The minimum absolute atomic E-state index is 0.204. The molecule has 0 saturated heterocycles. The second-order valence-corrected chi connectivity index (χ2v) is 4.20. The molecule has 0 spiro atoms. The van der Waals surface area contributed by atoms with E-state index < -0.39 is 6.10 Å². The maximum absolute atomic E-state index is 9.67. The van der Waals surface area contributed by atoms with Crippen LogP contribution in [0.1, 0.15) is 51.1 Å². The zero-order valence-corrected chi connectivity index (χ0v) is 10.6. The summed E-state index contributed by atoms with van der Waals surface area (Å²) in [5, 5.41) is 13.5. The first kappa shape index (κ1) is 14.1. The summed E-state index contributed by atoms with van der Waals surface area (Å²) in [7, 11) is 0. The van der Waals surface area contributed by atoms with Gasteiger partial charge in [-0.3, -0.25) is 0 Å². The Labute approximate surface area is 101 Å². The third-order valence-corrected chi connectivity index (χ3v) is 2.39. The molecule has 17 heavy (non-hydrogen) atoms. The Morgan fingerprint density at radius 3 is 2.71 bits per heavy atom. The summed E-state index contributed by atoms with van der Waals surface area (Å²) in [4.78, 5) is 4.16. The third kappa shape index (κ3) is 3.76. The van der Waals surface area contributed by atoms with Gasteiger partial charge in [-0.05, 0) is 25.8 Å². The summed E-state index contributed by atoms with van der Waals surface area (Å²) < 4.78 is 10.6. The van der Waals surface area contributed by atoms with Gasteiger partial charge in [-0.1, -0.05) is 19.0 Å². The monoisotopic (exact) mass is 243 g/mol. The van der Waals surface area contributed by atoms with E-state index in [1.54, 1.807) is 0 Å². The van der Waals surface area contributed by atoms with E-state index in [-0.39, 0.29) is 17.9 Å². The summed E-state index contributed by atoms with van der Waals surface area (Å²) in [6, 6.07) is 0. The van der Waals surface area contributed by atoms with Gasteiger partial charge in [-0.2, -0.15) is 4.98 Å².